The molecular formula is C31H40N8O5. The number of nitrogens with zero attached hydrogens (tertiary/aromatic N) is 7. The monoisotopic (exact) mass is 604 g/mol. The number of amides is 3. The fourth-order valence-electron chi connectivity index (χ4n) is 6.33. The van der Waals surface area contributed by atoms with Crippen LogP contribution in [0.3, 0.4) is 0 Å². The number of hydrogen-bond donors (Lipinski definition) is 1. The molecule has 44 heavy (non-hydrogen) atoms. The van der Waals surface area contributed by atoms with E-state index < -0.39 is 5.60 Å². The Morgan fingerprint density at radius 1 is 1.00 bits per heavy atom. The normalized spacial score (nSPS) is 20.6. The first-order valence-corrected chi connectivity index (χ1v) is 15.2. The lowest BCUT2D eigenvalue weighted by molar-refractivity contribution is -0.0914. The topological polar surface area (TPSA) is 135 Å². The molecule has 1 N–H and O–H groups in total. The van der Waals surface area contributed by atoms with E-state index in [-0.39, 0.29) is 36.0 Å². The quantitative estimate of drug-likeness (QED) is 0.461. The first kappa shape index (κ1) is 29.8. The number of carbonyl (C=O) groups excluding carboxylic acids is 3. The highest BCUT2D eigenvalue weighted by molar-refractivity contribution is 5.98. The molecule has 3 aliphatic rings. The maximum Gasteiger partial charge on any atom is 0.411 e. The van der Waals surface area contributed by atoms with Gasteiger partial charge in [-0.05, 0) is 51.8 Å². The molecule has 2 bridgehead atoms. The van der Waals surface area contributed by atoms with Crippen molar-refractivity contribution in [3.63, 3.8) is 0 Å². The Hall–Kier alpha value is -4.26. The number of hydrogen-bond acceptors (Lipinski definition) is 9. The number of aromatic nitrogens is 4. The summed E-state index contributed by atoms with van der Waals surface area (Å²) in [6.45, 7) is 6.91. The van der Waals surface area contributed by atoms with Crippen molar-refractivity contribution in [2.45, 2.75) is 70.2 Å². The molecular weight excluding hydrogens is 564 g/mol. The number of anilines is 2. The summed E-state index contributed by atoms with van der Waals surface area (Å²) in [5, 5.41) is 3.96. The number of piperazine rings is 1. The summed E-state index contributed by atoms with van der Waals surface area (Å²) in [4.78, 5) is 58.1. The minimum Gasteiger partial charge on any atom is -0.444 e. The number of morpholine rings is 1. The number of carbonyl (C=O) groups is 3. The molecule has 3 aromatic rings. The summed E-state index contributed by atoms with van der Waals surface area (Å²) < 4.78 is 13.4. The van der Waals surface area contributed by atoms with Crippen LogP contribution in [0.4, 0.5) is 16.6 Å². The summed E-state index contributed by atoms with van der Waals surface area (Å²) in [7, 11) is 3.50. The first-order valence-electron chi connectivity index (χ1n) is 15.2. The van der Waals surface area contributed by atoms with Crippen molar-refractivity contribution in [1.82, 2.24) is 34.2 Å². The molecule has 5 heterocycles. The standard InChI is InChI=1S/C31H40N8O5/c1-31(2,3)44-30(42)38-22-15-37(16-23(38)18-43-17-22)27(40)19-10-11-25(32-13-19)34-29-33-14-20-12-24(28(41)36(4)5)39(26(20)35-29)21-8-6-7-9-21/h10-14,21-23H,6-9,15-18H2,1-5H3,(H,32,33,34,35). The summed E-state index contributed by atoms with van der Waals surface area (Å²) in [5.41, 5.74) is 1.17. The fraction of sp³-hybridized carbons (Fsp3) is 0.548. The van der Waals surface area contributed by atoms with Crippen LogP contribution >= 0.6 is 0 Å². The lowest BCUT2D eigenvalue weighted by Gasteiger charge is -2.49. The second-order valence-corrected chi connectivity index (χ2v) is 13.0. The third kappa shape index (κ3) is 5.92. The molecule has 3 amide bonds. The van der Waals surface area contributed by atoms with Crippen LogP contribution in [0.15, 0.2) is 30.6 Å². The van der Waals surface area contributed by atoms with Crippen molar-refractivity contribution in [3.05, 3.63) is 41.9 Å². The highest BCUT2D eigenvalue weighted by atomic mass is 16.6. The zero-order chi connectivity index (χ0) is 31.2. The Morgan fingerprint density at radius 2 is 1.70 bits per heavy atom. The van der Waals surface area contributed by atoms with Crippen LogP contribution in [0, 0.1) is 0 Å². The van der Waals surface area contributed by atoms with Crippen LogP contribution in [0.2, 0.25) is 0 Å². The summed E-state index contributed by atoms with van der Waals surface area (Å²) in [6.07, 6.45) is 7.14. The van der Waals surface area contributed by atoms with E-state index in [2.05, 4.69) is 19.9 Å². The van der Waals surface area contributed by atoms with E-state index in [1.54, 1.807) is 47.1 Å². The van der Waals surface area contributed by atoms with E-state index in [0.717, 1.165) is 31.1 Å². The van der Waals surface area contributed by atoms with Gasteiger partial charge in [0.1, 0.15) is 22.8 Å². The minimum atomic E-state index is -0.605. The number of pyridine rings is 1. The van der Waals surface area contributed by atoms with Gasteiger partial charge in [0.15, 0.2) is 0 Å². The van der Waals surface area contributed by atoms with Gasteiger partial charge in [-0.25, -0.2) is 14.8 Å². The number of ether oxygens (including phenoxy) is 2. The number of fused-ring (bicyclic) bond motifs is 3. The SMILES string of the molecule is CN(C)C(=O)c1cc2cnc(Nc3ccc(C(=O)N4CC5COCC(C4)N5C(=O)OC(C)(C)C)cn3)nc2n1C1CCCC1. The molecule has 3 fully saturated rings. The predicted octanol–water partition coefficient (Wildman–Crippen LogP) is 3.85. The van der Waals surface area contributed by atoms with Gasteiger partial charge in [-0.1, -0.05) is 12.8 Å². The maximum absolute atomic E-state index is 13.5. The van der Waals surface area contributed by atoms with Crippen molar-refractivity contribution in [1.29, 1.82) is 0 Å². The molecule has 2 aliphatic heterocycles. The number of rotatable bonds is 5. The van der Waals surface area contributed by atoms with E-state index in [1.807, 2.05) is 26.8 Å². The van der Waals surface area contributed by atoms with Gasteiger partial charge in [-0.15, -0.1) is 0 Å². The first-order chi connectivity index (χ1) is 21.0. The van der Waals surface area contributed by atoms with E-state index in [1.165, 1.54) is 6.20 Å². The summed E-state index contributed by atoms with van der Waals surface area (Å²) in [5.74, 6) is 0.629. The van der Waals surface area contributed by atoms with E-state index in [9.17, 15) is 14.4 Å². The molecule has 6 rings (SSSR count). The fourth-order valence-corrected chi connectivity index (χ4v) is 6.33. The third-order valence-electron chi connectivity index (χ3n) is 8.30. The Kier molecular flexibility index (Phi) is 7.91. The largest absolute Gasteiger partial charge is 0.444 e. The molecule has 1 aliphatic carbocycles. The van der Waals surface area contributed by atoms with Crippen molar-refractivity contribution in [2.24, 2.45) is 0 Å². The highest BCUT2D eigenvalue weighted by Crippen LogP contribution is 2.35. The molecule has 13 heteroatoms. The molecule has 3 aromatic heterocycles. The van der Waals surface area contributed by atoms with Crippen molar-refractivity contribution in [2.75, 3.05) is 45.7 Å². The van der Waals surface area contributed by atoms with Crippen LogP contribution in [0.5, 0.6) is 0 Å². The molecule has 2 saturated heterocycles. The van der Waals surface area contributed by atoms with Crippen molar-refractivity contribution in [3.8, 4) is 0 Å². The van der Waals surface area contributed by atoms with Gasteiger partial charge in [-0.3, -0.25) is 14.5 Å². The lowest BCUT2D eigenvalue weighted by Crippen LogP contribution is -2.67. The molecule has 0 aromatic carbocycles. The van der Waals surface area contributed by atoms with Gasteiger partial charge in [0.25, 0.3) is 11.8 Å². The predicted molar refractivity (Wildman–Crippen MR) is 163 cm³/mol. The lowest BCUT2D eigenvalue weighted by atomic mass is 10.0. The second kappa shape index (κ2) is 11.7. The van der Waals surface area contributed by atoms with Crippen LogP contribution in [-0.4, -0.2) is 110 Å². The van der Waals surface area contributed by atoms with Crippen LogP contribution in [-0.2, 0) is 9.47 Å². The van der Waals surface area contributed by atoms with Gasteiger partial charge in [0.2, 0.25) is 5.95 Å². The molecule has 2 atom stereocenters. The van der Waals surface area contributed by atoms with Gasteiger partial charge in [-0.2, -0.15) is 4.98 Å². The molecule has 2 unspecified atom stereocenters. The Bertz CT molecular complexity index is 1540. The van der Waals surface area contributed by atoms with Gasteiger partial charge in [0.05, 0.1) is 30.9 Å². The third-order valence-corrected chi connectivity index (χ3v) is 8.30. The smallest absolute Gasteiger partial charge is 0.411 e. The van der Waals surface area contributed by atoms with Crippen molar-refractivity contribution < 1.29 is 23.9 Å². The highest BCUT2D eigenvalue weighted by Gasteiger charge is 2.44. The van der Waals surface area contributed by atoms with Crippen molar-refractivity contribution >= 4 is 40.7 Å². The average molecular weight is 605 g/mol. The second-order valence-electron chi connectivity index (χ2n) is 13.0. The summed E-state index contributed by atoms with van der Waals surface area (Å²) in [6, 6.07) is 4.97. The number of nitrogens with one attached hydrogen (secondary N) is 1. The Balaban J connectivity index is 1.16. The molecule has 234 valence electrons. The minimum absolute atomic E-state index is 0.0614. The van der Waals surface area contributed by atoms with E-state index in [0.29, 0.717) is 55.0 Å². The zero-order valence-electron chi connectivity index (χ0n) is 25.9. The average Bonchev–Trinajstić information content (AvgIpc) is 3.63. The summed E-state index contributed by atoms with van der Waals surface area (Å²) >= 11 is 0. The Labute approximate surface area is 256 Å². The van der Waals surface area contributed by atoms with Gasteiger partial charge in [0, 0.05) is 51.0 Å². The van der Waals surface area contributed by atoms with Crippen LogP contribution in [0.25, 0.3) is 11.0 Å². The molecule has 13 nitrogen and oxygen atoms in total. The van der Waals surface area contributed by atoms with E-state index in [4.69, 9.17) is 14.5 Å². The molecule has 0 spiro atoms. The maximum atomic E-state index is 13.5. The van der Waals surface area contributed by atoms with Crippen LogP contribution in [0.1, 0.15) is 73.3 Å². The molecule has 0 radical (unpaired) electrons. The van der Waals surface area contributed by atoms with Gasteiger partial charge < -0.3 is 29.2 Å². The van der Waals surface area contributed by atoms with E-state index >= 15 is 0 Å². The Morgan fingerprint density at radius 3 is 2.32 bits per heavy atom. The zero-order valence-corrected chi connectivity index (χ0v) is 25.9. The van der Waals surface area contributed by atoms with Gasteiger partial charge >= 0.3 is 6.09 Å². The van der Waals surface area contributed by atoms with Crippen LogP contribution < -0.4 is 5.32 Å². The molecule has 1 saturated carbocycles.